The van der Waals surface area contributed by atoms with Gasteiger partial charge >= 0.3 is 0 Å². The van der Waals surface area contributed by atoms with Gasteiger partial charge in [0, 0.05) is 192 Å². The summed E-state index contributed by atoms with van der Waals surface area (Å²) >= 11 is 14.1. The molecule has 28 rings (SSSR count). The molecule has 0 atom stereocenters. The minimum absolute atomic E-state index is 0.799. The molecule has 0 amide bonds. The number of rotatable bonds is 2. The molecule has 16 nitrogen and oxygen atoms in total. The number of pyridine rings is 9. The normalized spacial score (nSPS) is 11.4. The Hall–Kier alpha value is -14.3. The number of nitrogens with zero attached hydrogens (tertiary/aromatic N) is 16. The van der Waals surface area contributed by atoms with E-state index in [0.29, 0.717) is 0 Å². The lowest BCUT2D eigenvalue weighted by Gasteiger charge is -2.08. The first kappa shape index (κ1) is 83.6. The highest BCUT2D eigenvalue weighted by atomic mass is 32.1. The van der Waals surface area contributed by atoms with Gasteiger partial charge in [0.15, 0.2) is 0 Å². The van der Waals surface area contributed by atoms with Crippen molar-refractivity contribution in [3.05, 3.63) is 362 Å². The van der Waals surface area contributed by atoms with E-state index in [1.165, 1.54) is 155 Å². The van der Waals surface area contributed by atoms with E-state index < -0.39 is 0 Å². The van der Waals surface area contributed by atoms with Gasteiger partial charge in [-0.2, -0.15) is 0 Å². The van der Waals surface area contributed by atoms with Gasteiger partial charge in [-0.05, 0) is 204 Å². The summed E-state index contributed by atoms with van der Waals surface area (Å²) in [5.74, 6) is 0.799. The molecule has 0 aliphatic heterocycles. The summed E-state index contributed by atoms with van der Waals surface area (Å²) in [6.07, 6.45) is 29.3. The van der Waals surface area contributed by atoms with E-state index in [4.69, 9.17) is 9.97 Å². The van der Waals surface area contributed by atoms with Crippen LogP contribution in [0.2, 0.25) is 0 Å². The van der Waals surface area contributed by atoms with Crippen molar-refractivity contribution in [2.45, 2.75) is 55.4 Å². The molecule has 0 bridgehead atoms. The van der Waals surface area contributed by atoms with Crippen LogP contribution in [0.3, 0.4) is 0 Å². The van der Waals surface area contributed by atoms with Crippen LogP contribution in [0.15, 0.2) is 318 Å². The number of aryl methyl sites for hydroxylation is 8. The Morgan fingerprint density at radius 3 is 1.44 bits per heavy atom. The molecule has 131 heavy (non-hydrogen) atoms. The van der Waals surface area contributed by atoms with Crippen LogP contribution in [0.1, 0.15) is 44.8 Å². The summed E-state index contributed by atoms with van der Waals surface area (Å²) in [6, 6.07) is 76.0. The lowest BCUT2D eigenvalue weighted by molar-refractivity contribution is 1.10. The van der Waals surface area contributed by atoms with Gasteiger partial charge in [-0.3, -0.25) is 49.8 Å². The van der Waals surface area contributed by atoms with Crippen LogP contribution >= 0.6 is 90.7 Å². The zero-order valence-electron chi connectivity index (χ0n) is 71.9. The molecule has 0 saturated carbocycles. The van der Waals surface area contributed by atoms with Crippen molar-refractivity contribution in [3.8, 4) is 16.9 Å². The largest absolute Gasteiger partial charge is 0.309 e. The van der Waals surface area contributed by atoms with E-state index in [1.54, 1.807) is 104 Å². The molecule has 28 aromatic rings. The van der Waals surface area contributed by atoms with E-state index >= 15 is 0 Å². The Labute approximate surface area is 782 Å². The van der Waals surface area contributed by atoms with Crippen LogP contribution in [0, 0.1) is 55.4 Å². The maximum atomic E-state index is 4.91. The van der Waals surface area contributed by atoms with E-state index in [2.05, 4.69) is 288 Å². The summed E-state index contributed by atoms with van der Waals surface area (Å²) < 4.78 is 18.7. The van der Waals surface area contributed by atoms with Gasteiger partial charge in [0.05, 0.1) is 71.7 Å². The minimum Gasteiger partial charge on any atom is -0.309 e. The van der Waals surface area contributed by atoms with Crippen LogP contribution in [0.4, 0.5) is 0 Å². The molecule has 0 unspecified atom stereocenters. The number of hydrogen-bond acceptors (Lipinski definition) is 23. The SMILES string of the molecule is Cc1ccc2c(c1)sc1nccnc12.Cc1cccc2c1sc1ccncc12.Cc1cccc2c1sc1nccnc12.Cc1ccnc2c1sc1cccnc12.Cc1ccnc2c1sc1ccncc12.Cc1ccnc2c1sc1cnccc12.Cc1ccnc2c1sc1ncccc12.Cc1nc(-c2ccc3c(c2)c2ccccc2n3-c2ccccc2)c2sc3ccccc3c2n1. The van der Waals surface area contributed by atoms with Gasteiger partial charge in [-0.15, -0.1) is 90.7 Å². The molecule has 632 valence electrons. The Balaban J connectivity index is 0.0000000930. The van der Waals surface area contributed by atoms with Gasteiger partial charge in [-0.1, -0.05) is 109 Å². The molecule has 0 aliphatic rings. The fourth-order valence-electron chi connectivity index (χ4n) is 16.4. The fourth-order valence-corrected chi connectivity index (χ4v) is 25.2. The van der Waals surface area contributed by atoms with E-state index in [1.807, 2.05) is 141 Å². The lowest BCUT2D eigenvalue weighted by atomic mass is 10.1. The van der Waals surface area contributed by atoms with Gasteiger partial charge in [0.2, 0.25) is 0 Å². The average molecular weight is 1840 g/mol. The molecule has 24 heteroatoms. The maximum Gasteiger partial charge on any atom is 0.143 e. The highest BCUT2D eigenvalue weighted by Crippen LogP contribution is 2.44. The number of fused-ring (bicyclic) bond motifs is 27. The monoisotopic (exact) mass is 1840 g/mol. The number of aromatic nitrogens is 16. The number of hydrogen-bond donors (Lipinski definition) is 0. The van der Waals surface area contributed by atoms with Crippen LogP contribution in [-0.4, -0.2) is 79.3 Å². The molecular formula is C107H76N16S8. The Morgan fingerprint density at radius 2 is 0.695 bits per heavy atom. The molecule has 0 N–H and O–H groups in total. The topological polar surface area (TPSA) is 198 Å². The van der Waals surface area contributed by atoms with Crippen LogP contribution in [-0.2, 0) is 0 Å². The van der Waals surface area contributed by atoms with Crippen molar-refractivity contribution in [2.75, 3.05) is 0 Å². The summed E-state index contributed by atoms with van der Waals surface area (Å²) in [5.41, 5.74) is 23.2. The summed E-state index contributed by atoms with van der Waals surface area (Å²) in [5, 5.41) is 12.3. The first-order valence-corrected chi connectivity index (χ1v) is 48.8. The second-order valence-corrected chi connectivity index (χ2v) is 39.7. The molecule has 0 saturated heterocycles. The zero-order valence-corrected chi connectivity index (χ0v) is 78.5. The van der Waals surface area contributed by atoms with Crippen LogP contribution in [0.5, 0.6) is 0 Å². The molecule has 0 fully saturated rings. The average Bonchev–Trinajstić information content (AvgIpc) is 1.57. The predicted molar refractivity (Wildman–Crippen MR) is 559 cm³/mol. The predicted octanol–water partition coefficient (Wildman–Crippen LogP) is 30.6. The summed E-state index contributed by atoms with van der Waals surface area (Å²) in [7, 11) is 0. The summed E-state index contributed by atoms with van der Waals surface area (Å²) in [4.78, 5) is 68.9. The maximum absolute atomic E-state index is 4.91. The number of para-hydroxylation sites is 2. The Kier molecular flexibility index (Phi) is 23.2. The van der Waals surface area contributed by atoms with E-state index in [-0.39, 0.29) is 0 Å². The van der Waals surface area contributed by atoms with Gasteiger partial charge in [0.1, 0.15) is 42.4 Å². The van der Waals surface area contributed by atoms with Crippen molar-refractivity contribution < 1.29 is 0 Å². The van der Waals surface area contributed by atoms with Crippen molar-refractivity contribution >= 4 is 275 Å². The number of benzene rings is 7. The number of thiophene rings is 8. The van der Waals surface area contributed by atoms with Gasteiger partial charge in [0.25, 0.3) is 0 Å². The first-order valence-electron chi connectivity index (χ1n) is 42.3. The third-order valence-corrected chi connectivity index (χ3v) is 32.6. The quantitative estimate of drug-likeness (QED) is 0.158. The van der Waals surface area contributed by atoms with Gasteiger partial charge in [-0.25, -0.2) is 24.9 Å². The van der Waals surface area contributed by atoms with Crippen LogP contribution < -0.4 is 0 Å². The minimum atomic E-state index is 0.799. The third kappa shape index (κ3) is 16.3. The Bertz CT molecular complexity index is 8310. The van der Waals surface area contributed by atoms with E-state index in [9.17, 15) is 0 Å². The molecule has 0 aliphatic carbocycles. The van der Waals surface area contributed by atoms with Crippen LogP contribution in [0.25, 0.3) is 202 Å². The standard InChI is InChI=1S/C29H19N3S.C12H9NS.6C11H8N2S/c1-18-30-27(29-28(31-18)22-12-6-8-14-26(22)33-29)19-15-16-25-23(17-19)21-11-5-7-13-24(21)32(25)20-9-3-2-4-10-20;1-8-3-2-4-9-10-7-13-6-5-11(10)14-12(8)9;1-7-2-5-13-10-8-6-12-4-3-9(8)14-11(7)10;1-7-2-5-13-10-8-3-4-12-6-9(8)14-11(7)10;1-7-2-3-8-9(6-7)14-11-10(8)12-4-5-13-11;1-7-4-6-13-10-9-8(14-11(7)10)3-2-5-12-9;1-7-4-6-12-9-8-3-2-5-13-11(8)14-10(7)9;1-7-3-2-4-8-9-11(14-10(7)8)13-6-5-12-9/h2-17H,1H3;2-7H,1H3;6*2-6H,1H3. The third-order valence-electron chi connectivity index (χ3n) is 22.7. The molecule has 21 aromatic heterocycles. The molecule has 7 aromatic carbocycles. The smallest absolute Gasteiger partial charge is 0.143 e. The second-order valence-electron chi connectivity index (χ2n) is 31.4. The highest BCUT2D eigenvalue weighted by molar-refractivity contribution is 7.28. The molecule has 21 heterocycles. The van der Waals surface area contributed by atoms with Crippen molar-refractivity contribution in [2.24, 2.45) is 0 Å². The van der Waals surface area contributed by atoms with Crippen molar-refractivity contribution in [1.29, 1.82) is 0 Å². The second kappa shape index (κ2) is 36.3. The lowest BCUT2D eigenvalue weighted by Crippen LogP contribution is -1.94. The summed E-state index contributed by atoms with van der Waals surface area (Å²) in [6.45, 7) is 16.8. The Morgan fingerprint density at radius 1 is 0.221 bits per heavy atom. The molecule has 0 radical (unpaired) electrons. The molecular weight excluding hydrogens is 1770 g/mol. The highest BCUT2D eigenvalue weighted by Gasteiger charge is 2.20. The van der Waals surface area contributed by atoms with Crippen molar-refractivity contribution in [1.82, 2.24) is 79.3 Å². The molecule has 0 spiro atoms. The zero-order chi connectivity index (χ0) is 88.7. The fraction of sp³-hybridized carbons (Fsp3) is 0.0748. The van der Waals surface area contributed by atoms with E-state index in [0.717, 1.165) is 91.2 Å². The van der Waals surface area contributed by atoms with Crippen molar-refractivity contribution in [3.63, 3.8) is 0 Å². The first-order chi connectivity index (χ1) is 64.3. The van der Waals surface area contributed by atoms with Gasteiger partial charge < -0.3 is 4.57 Å².